The first kappa shape index (κ1) is 19.5. The first-order chi connectivity index (χ1) is 11.6. The van der Waals surface area contributed by atoms with Crippen LogP contribution < -0.4 is 0 Å². The Hall–Kier alpha value is -0.860. The monoisotopic (exact) mass is 366 g/mol. The minimum atomic E-state index is -0.869. The molecule has 132 valence electrons. The maximum Gasteiger partial charge on any atom is 0.324 e. The number of esters is 1. The first-order valence-electron chi connectivity index (χ1n) is 8.78. The minimum absolute atomic E-state index is 0.0800. The van der Waals surface area contributed by atoms with Crippen molar-refractivity contribution in [1.82, 2.24) is 0 Å². The predicted octanol–water partition coefficient (Wildman–Crippen LogP) is 5.94. The lowest BCUT2D eigenvalue weighted by Gasteiger charge is -2.36. The summed E-state index contributed by atoms with van der Waals surface area (Å²) in [5.41, 5.74) is 0. The molecule has 1 aliphatic carbocycles. The number of carbonyl (C=O) groups is 1. The van der Waals surface area contributed by atoms with Gasteiger partial charge in [-0.25, -0.2) is 0 Å². The summed E-state index contributed by atoms with van der Waals surface area (Å²) in [7, 11) is -0.0800. The number of ether oxygens (including phenoxy) is 1. The highest BCUT2D eigenvalue weighted by atomic mass is 32.2. The van der Waals surface area contributed by atoms with Gasteiger partial charge in [-0.1, -0.05) is 63.1 Å². The Labute approximate surface area is 151 Å². The highest BCUT2D eigenvalue weighted by Crippen LogP contribution is 2.46. The van der Waals surface area contributed by atoms with E-state index in [2.05, 4.69) is 13.8 Å². The molecule has 0 bridgehead atoms. The molecule has 0 radical (unpaired) electrons. The van der Waals surface area contributed by atoms with Crippen molar-refractivity contribution in [1.29, 1.82) is 0 Å². The van der Waals surface area contributed by atoms with E-state index in [0.29, 0.717) is 12.3 Å². The Morgan fingerprint density at radius 3 is 2.50 bits per heavy atom. The topological polar surface area (TPSA) is 43.4 Å². The number of hydrogen-bond donors (Lipinski definition) is 0. The van der Waals surface area contributed by atoms with Crippen molar-refractivity contribution < 1.29 is 14.1 Å². The zero-order chi connectivity index (χ0) is 17.4. The Bertz CT molecular complexity index is 529. The Morgan fingerprint density at radius 2 is 1.92 bits per heavy atom. The highest BCUT2D eigenvalue weighted by molar-refractivity contribution is 7.99. The Morgan fingerprint density at radius 1 is 1.25 bits per heavy atom. The van der Waals surface area contributed by atoms with Crippen molar-refractivity contribution >= 4 is 26.2 Å². The fourth-order valence-corrected chi connectivity index (χ4v) is 5.20. The molecule has 0 heterocycles. The van der Waals surface area contributed by atoms with E-state index < -0.39 is 5.16 Å². The second kappa shape index (κ2) is 9.58. The van der Waals surface area contributed by atoms with Gasteiger partial charge in [0.05, 0.1) is 0 Å². The number of benzene rings is 1. The van der Waals surface area contributed by atoms with Crippen molar-refractivity contribution in [2.45, 2.75) is 62.4 Å². The van der Waals surface area contributed by atoms with Gasteiger partial charge in [-0.2, -0.15) is 0 Å². The molecule has 0 spiro atoms. The zero-order valence-electron chi connectivity index (χ0n) is 14.6. The number of carbonyl (C=O) groups excluding carboxylic acids is 1. The summed E-state index contributed by atoms with van der Waals surface area (Å²) < 4.78 is 17.7. The lowest BCUT2D eigenvalue weighted by Crippen LogP contribution is -2.44. The van der Waals surface area contributed by atoms with Crippen LogP contribution >= 0.6 is 20.2 Å². The van der Waals surface area contributed by atoms with Gasteiger partial charge in [0.25, 0.3) is 0 Å². The molecular formula is C19H27O3PS. The van der Waals surface area contributed by atoms with Gasteiger partial charge in [0, 0.05) is 4.90 Å². The largest absolute Gasteiger partial charge is 0.453 e. The van der Waals surface area contributed by atoms with Crippen LogP contribution in [-0.4, -0.2) is 17.1 Å². The van der Waals surface area contributed by atoms with E-state index in [1.54, 1.807) is 0 Å². The zero-order valence-corrected chi connectivity index (χ0v) is 16.3. The van der Waals surface area contributed by atoms with Gasteiger partial charge in [-0.3, -0.25) is 9.36 Å². The van der Waals surface area contributed by atoms with E-state index in [1.807, 2.05) is 30.3 Å². The molecule has 3 nitrogen and oxygen atoms in total. The maximum absolute atomic E-state index is 12.9. The Balaban J connectivity index is 2.04. The lowest BCUT2D eigenvalue weighted by molar-refractivity contribution is -0.147. The average Bonchev–Trinajstić information content (AvgIpc) is 2.61. The number of thioether (sulfide) groups is 1. The van der Waals surface area contributed by atoms with E-state index in [-0.39, 0.29) is 26.3 Å². The van der Waals surface area contributed by atoms with Crippen LogP contribution in [0.3, 0.4) is 0 Å². The second-order valence-electron chi connectivity index (χ2n) is 6.96. The molecule has 5 heteroatoms. The molecule has 0 saturated heterocycles. The predicted molar refractivity (Wildman–Crippen MR) is 99.6 cm³/mol. The molecule has 1 fully saturated rings. The molecule has 1 aliphatic rings. The molecule has 0 aromatic heterocycles. The molecule has 1 aromatic carbocycles. The normalized spacial score (nSPS) is 18.5. The smallest absolute Gasteiger partial charge is 0.324 e. The minimum Gasteiger partial charge on any atom is -0.453 e. The number of hydrogen-bond acceptors (Lipinski definition) is 4. The number of rotatable bonds is 8. The fourth-order valence-electron chi connectivity index (χ4n) is 3.56. The van der Waals surface area contributed by atoms with Crippen LogP contribution in [0.5, 0.6) is 0 Å². The Kier molecular flexibility index (Phi) is 7.77. The summed E-state index contributed by atoms with van der Waals surface area (Å²) in [5.74, 6) is 0.457. The molecule has 1 atom stereocenters. The standard InChI is InChI=1S/C19H27O3PS/c1-15(2)13-19(23-21,16-9-5-3-6-10-16)18(20)22-14-24-17-11-7-4-8-12-17/h4,7-8,11-12,15-16H,3,5-6,9-10,13-14H2,1-2H3. The molecule has 0 aliphatic heterocycles. The first-order valence-corrected chi connectivity index (χ1v) is 10.6. The van der Waals surface area contributed by atoms with Gasteiger partial charge in [0.1, 0.15) is 5.94 Å². The van der Waals surface area contributed by atoms with Crippen molar-refractivity contribution in [2.75, 3.05) is 5.94 Å². The third-order valence-corrected chi connectivity index (χ3v) is 6.57. The van der Waals surface area contributed by atoms with Crippen LogP contribution in [0.15, 0.2) is 35.2 Å². The van der Waals surface area contributed by atoms with Crippen molar-refractivity contribution in [3.8, 4) is 0 Å². The molecular weight excluding hydrogens is 339 g/mol. The van der Waals surface area contributed by atoms with Crippen molar-refractivity contribution in [3.05, 3.63) is 30.3 Å². The highest BCUT2D eigenvalue weighted by Gasteiger charge is 2.48. The summed E-state index contributed by atoms with van der Waals surface area (Å²) in [6.45, 7) is 4.16. The van der Waals surface area contributed by atoms with E-state index in [0.717, 1.165) is 30.6 Å². The molecule has 0 N–H and O–H groups in total. The van der Waals surface area contributed by atoms with Gasteiger partial charge in [0.2, 0.25) is 0 Å². The summed E-state index contributed by atoms with van der Waals surface area (Å²) in [6.07, 6.45) is 6.02. The lowest BCUT2D eigenvalue weighted by atomic mass is 9.76. The van der Waals surface area contributed by atoms with Gasteiger partial charge >= 0.3 is 5.97 Å². The van der Waals surface area contributed by atoms with E-state index in [1.165, 1.54) is 18.2 Å². The van der Waals surface area contributed by atoms with Gasteiger partial charge in [-0.05, 0) is 43.2 Å². The van der Waals surface area contributed by atoms with Crippen LogP contribution in [0.4, 0.5) is 0 Å². The maximum atomic E-state index is 12.9. The SMILES string of the molecule is CC(C)CC(P=O)(C(=O)OCSc1ccccc1)C1CCCCC1. The molecule has 1 aromatic rings. The molecule has 1 saturated carbocycles. The van der Waals surface area contributed by atoms with Crippen LogP contribution in [0, 0.1) is 11.8 Å². The molecule has 0 amide bonds. The van der Waals surface area contributed by atoms with E-state index in [4.69, 9.17) is 4.74 Å². The average molecular weight is 366 g/mol. The van der Waals surface area contributed by atoms with E-state index >= 15 is 0 Å². The third kappa shape index (κ3) is 5.07. The third-order valence-electron chi connectivity index (χ3n) is 4.68. The van der Waals surface area contributed by atoms with Crippen LogP contribution in [0.1, 0.15) is 52.4 Å². The van der Waals surface area contributed by atoms with Gasteiger partial charge in [0.15, 0.2) is 13.6 Å². The summed E-state index contributed by atoms with van der Waals surface area (Å²) in [6, 6.07) is 9.87. The summed E-state index contributed by atoms with van der Waals surface area (Å²) in [4.78, 5) is 13.9. The van der Waals surface area contributed by atoms with Crippen LogP contribution in [0.2, 0.25) is 0 Å². The van der Waals surface area contributed by atoms with Crippen molar-refractivity contribution in [3.63, 3.8) is 0 Å². The molecule has 1 unspecified atom stereocenters. The van der Waals surface area contributed by atoms with E-state index in [9.17, 15) is 9.36 Å². The van der Waals surface area contributed by atoms with Crippen LogP contribution in [-0.2, 0) is 14.1 Å². The molecule has 24 heavy (non-hydrogen) atoms. The van der Waals surface area contributed by atoms with Crippen molar-refractivity contribution in [2.24, 2.45) is 11.8 Å². The fraction of sp³-hybridized carbons (Fsp3) is 0.632. The van der Waals surface area contributed by atoms with Gasteiger partial charge in [-0.15, -0.1) is 0 Å². The molecule has 2 rings (SSSR count). The summed E-state index contributed by atoms with van der Waals surface area (Å²) in [5, 5.41) is -0.869. The second-order valence-corrected chi connectivity index (χ2v) is 8.93. The van der Waals surface area contributed by atoms with Gasteiger partial charge < -0.3 is 4.74 Å². The summed E-state index contributed by atoms with van der Waals surface area (Å²) >= 11 is 1.49. The van der Waals surface area contributed by atoms with Crippen LogP contribution in [0.25, 0.3) is 0 Å². The quantitative estimate of drug-likeness (QED) is 0.247.